The van der Waals surface area contributed by atoms with E-state index in [1.165, 1.54) is 0 Å². The third-order valence-electron chi connectivity index (χ3n) is 4.56. The summed E-state index contributed by atoms with van der Waals surface area (Å²) < 4.78 is 6.04. The number of aliphatic imine (C=N–C) groups is 1. The first-order valence-electron chi connectivity index (χ1n) is 9.29. The summed E-state index contributed by atoms with van der Waals surface area (Å²) in [6, 6.07) is 21.1. The molecule has 0 saturated carbocycles. The van der Waals surface area contributed by atoms with Crippen LogP contribution in [0.4, 0.5) is 17.3 Å². The molecular weight excluding hydrogens is 380 g/mol. The van der Waals surface area contributed by atoms with E-state index in [0.29, 0.717) is 17.1 Å². The zero-order valence-electron chi connectivity index (χ0n) is 16.7. The molecule has 0 atom stereocenters. The second-order valence-electron chi connectivity index (χ2n) is 6.59. The number of nitrogens with zero attached hydrogens (tertiary/aromatic N) is 1. The quantitative estimate of drug-likeness (QED) is 0.290. The molecule has 3 aromatic carbocycles. The van der Waals surface area contributed by atoms with Gasteiger partial charge in [-0.15, -0.1) is 0 Å². The van der Waals surface area contributed by atoms with Gasteiger partial charge in [0.05, 0.1) is 0 Å². The number of carboxylic acid groups (broad SMARTS) is 1. The van der Waals surface area contributed by atoms with Crippen molar-refractivity contribution in [1.82, 2.24) is 0 Å². The maximum atomic E-state index is 10.00. The average molecular weight is 402 g/mol. The largest absolute Gasteiger partial charge is 0.507 e. The molecule has 0 spiro atoms. The molecule has 1 heterocycles. The Bertz CT molecular complexity index is 1170. The maximum absolute atomic E-state index is 10.00. The van der Waals surface area contributed by atoms with Crippen LogP contribution in [0.1, 0.15) is 16.7 Å². The number of fused-ring (bicyclic) bond motifs is 1. The summed E-state index contributed by atoms with van der Waals surface area (Å²) in [6.45, 7) is 3.87. The van der Waals surface area contributed by atoms with Crippen molar-refractivity contribution < 1.29 is 19.4 Å². The highest BCUT2D eigenvalue weighted by molar-refractivity contribution is 5.99. The van der Waals surface area contributed by atoms with Crippen molar-refractivity contribution in [3.8, 4) is 5.75 Å². The second-order valence-corrected chi connectivity index (χ2v) is 6.59. The number of para-hydroxylation sites is 3. The lowest BCUT2D eigenvalue weighted by Crippen LogP contribution is -1.95. The normalized spacial score (nSPS) is 10.6. The van der Waals surface area contributed by atoms with Gasteiger partial charge in [-0.3, -0.25) is 4.79 Å². The number of rotatable bonds is 4. The minimum absolute atomic E-state index is 0.193. The monoisotopic (exact) mass is 402 g/mol. The van der Waals surface area contributed by atoms with E-state index in [1.54, 1.807) is 18.3 Å². The summed E-state index contributed by atoms with van der Waals surface area (Å²) in [7, 11) is 0. The molecule has 1 aromatic heterocycles. The third kappa shape index (κ3) is 4.50. The Morgan fingerprint density at radius 3 is 2.27 bits per heavy atom. The molecule has 0 saturated heterocycles. The van der Waals surface area contributed by atoms with E-state index < -0.39 is 0 Å². The maximum Gasteiger partial charge on any atom is 0.290 e. The molecule has 4 aromatic rings. The van der Waals surface area contributed by atoms with Crippen LogP contribution in [-0.4, -0.2) is 22.9 Å². The average Bonchev–Trinajstić information content (AvgIpc) is 3.08. The Morgan fingerprint density at radius 1 is 0.933 bits per heavy atom. The fourth-order valence-corrected chi connectivity index (χ4v) is 3.10. The molecule has 4 rings (SSSR count). The smallest absolute Gasteiger partial charge is 0.290 e. The van der Waals surface area contributed by atoms with Gasteiger partial charge in [0.15, 0.2) is 0 Å². The molecule has 30 heavy (non-hydrogen) atoms. The lowest BCUT2D eigenvalue weighted by atomic mass is 10.1. The number of carbonyl (C=O) groups is 1. The molecule has 6 nitrogen and oxygen atoms in total. The summed E-state index contributed by atoms with van der Waals surface area (Å²) in [5.41, 5.74) is 5.39. The number of hydrogen-bond donors (Lipinski definition) is 3. The van der Waals surface area contributed by atoms with Crippen LogP contribution in [0.15, 0.2) is 76.1 Å². The van der Waals surface area contributed by atoms with Crippen molar-refractivity contribution in [2.45, 2.75) is 13.8 Å². The highest BCUT2D eigenvalue weighted by Crippen LogP contribution is 2.40. The van der Waals surface area contributed by atoms with Crippen molar-refractivity contribution in [3.05, 3.63) is 83.4 Å². The molecule has 0 bridgehead atoms. The minimum Gasteiger partial charge on any atom is -0.507 e. The van der Waals surface area contributed by atoms with Crippen molar-refractivity contribution in [1.29, 1.82) is 0 Å². The van der Waals surface area contributed by atoms with E-state index in [0.717, 1.165) is 27.8 Å². The van der Waals surface area contributed by atoms with Gasteiger partial charge in [0, 0.05) is 22.9 Å². The van der Waals surface area contributed by atoms with Crippen LogP contribution in [0.5, 0.6) is 5.75 Å². The van der Waals surface area contributed by atoms with Crippen LogP contribution in [0.2, 0.25) is 0 Å². The SMILES string of the molecule is Cc1cccc(C)c1Nc1oc2ccccc2c1N=Cc1ccccc1O.O=CO. The molecular formula is C24H22N2O4. The Morgan fingerprint density at radius 2 is 1.57 bits per heavy atom. The number of anilines is 2. The molecule has 0 radical (unpaired) electrons. The fourth-order valence-electron chi connectivity index (χ4n) is 3.10. The second kappa shape index (κ2) is 9.43. The number of phenols is 1. The molecule has 0 fully saturated rings. The van der Waals surface area contributed by atoms with Crippen LogP contribution < -0.4 is 5.32 Å². The Labute approximate surface area is 174 Å². The van der Waals surface area contributed by atoms with Gasteiger partial charge in [0.2, 0.25) is 5.88 Å². The van der Waals surface area contributed by atoms with Crippen LogP contribution >= 0.6 is 0 Å². The van der Waals surface area contributed by atoms with Gasteiger partial charge in [0.25, 0.3) is 6.47 Å². The van der Waals surface area contributed by atoms with E-state index in [2.05, 4.69) is 36.3 Å². The van der Waals surface area contributed by atoms with E-state index in [1.807, 2.05) is 42.5 Å². The highest BCUT2D eigenvalue weighted by Gasteiger charge is 2.15. The van der Waals surface area contributed by atoms with E-state index in [-0.39, 0.29) is 12.2 Å². The number of phenolic OH excluding ortho intramolecular Hbond substituents is 1. The number of aromatic hydroxyl groups is 1. The first-order valence-corrected chi connectivity index (χ1v) is 9.29. The Balaban J connectivity index is 0.000000806. The van der Waals surface area contributed by atoms with Gasteiger partial charge in [-0.25, -0.2) is 4.99 Å². The van der Waals surface area contributed by atoms with Crippen LogP contribution in [0, 0.1) is 13.8 Å². The summed E-state index contributed by atoms with van der Waals surface area (Å²) in [6.07, 6.45) is 1.66. The summed E-state index contributed by atoms with van der Waals surface area (Å²) in [4.78, 5) is 13.0. The number of aryl methyl sites for hydroxylation is 2. The summed E-state index contributed by atoms with van der Waals surface area (Å²) >= 11 is 0. The third-order valence-corrected chi connectivity index (χ3v) is 4.56. The molecule has 6 heteroatoms. The first-order chi connectivity index (χ1) is 14.5. The lowest BCUT2D eigenvalue weighted by molar-refractivity contribution is -0.122. The molecule has 3 N–H and O–H groups in total. The van der Waals surface area contributed by atoms with Crippen molar-refractivity contribution in [2.75, 3.05) is 5.32 Å². The molecule has 0 aliphatic rings. The van der Waals surface area contributed by atoms with E-state index in [9.17, 15) is 5.11 Å². The molecule has 0 amide bonds. The van der Waals surface area contributed by atoms with Crippen molar-refractivity contribution in [2.24, 2.45) is 4.99 Å². The van der Waals surface area contributed by atoms with Crippen LogP contribution in [0.3, 0.4) is 0 Å². The molecule has 0 aliphatic carbocycles. The van der Waals surface area contributed by atoms with Crippen molar-refractivity contribution >= 4 is 40.9 Å². The number of nitrogens with one attached hydrogen (secondary N) is 1. The minimum atomic E-state index is -0.250. The summed E-state index contributed by atoms with van der Waals surface area (Å²) in [5, 5.41) is 21.2. The van der Waals surface area contributed by atoms with Gasteiger partial charge >= 0.3 is 0 Å². The number of hydrogen-bond acceptors (Lipinski definition) is 5. The predicted molar refractivity (Wildman–Crippen MR) is 119 cm³/mol. The summed E-state index contributed by atoms with van der Waals surface area (Å²) in [5.74, 6) is 0.776. The fraction of sp³-hybridized carbons (Fsp3) is 0.0833. The highest BCUT2D eigenvalue weighted by atomic mass is 16.4. The van der Waals surface area contributed by atoms with Gasteiger partial charge in [-0.05, 0) is 49.2 Å². The topological polar surface area (TPSA) is 95.1 Å². The molecule has 152 valence electrons. The number of furan rings is 1. The van der Waals surface area contributed by atoms with Gasteiger partial charge < -0.3 is 19.9 Å². The first kappa shape index (κ1) is 20.7. The van der Waals surface area contributed by atoms with Gasteiger partial charge in [-0.2, -0.15) is 0 Å². The van der Waals surface area contributed by atoms with Gasteiger partial charge in [0.1, 0.15) is 17.0 Å². The lowest BCUT2D eigenvalue weighted by Gasteiger charge is -2.11. The Hall–Kier alpha value is -4.06. The Kier molecular flexibility index (Phi) is 6.49. The van der Waals surface area contributed by atoms with Crippen LogP contribution in [0.25, 0.3) is 11.0 Å². The zero-order chi connectivity index (χ0) is 21.5. The zero-order valence-corrected chi connectivity index (χ0v) is 16.7. The van der Waals surface area contributed by atoms with E-state index >= 15 is 0 Å². The van der Waals surface area contributed by atoms with Crippen molar-refractivity contribution in [3.63, 3.8) is 0 Å². The molecule has 0 aliphatic heterocycles. The molecule has 0 unspecified atom stereocenters. The van der Waals surface area contributed by atoms with Crippen LogP contribution in [-0.2, 0) is 4.79 Å². The van der Waals surface area contributed by atoms with E-state index in [4.69, 9.17) is 14.3 Å². The predicted octanol–water partition coefficient (Wildman–Crippen LogP) is 5.95. The number of benzene rings is 3. The standard InChI is InChI=1S/C23H20N2O2.CH2O2/c1-15-8-7-9-16(2)21(15)25-23-22(18-11-4-6-13-20(18)27-23)24-14-17-10-3-5-12-19(17)26;2-1-3/h3-14,25-26H,1-2H3;1H,(H,2,3). The van der Waals surface area contributed by atoms with Gasteiger partial charge in [-0.1, -0.05) is 42.5 Å².